The van der Waals surface area contributed by atoms with Crippen molar-refractivity contribution in [2.45, 2.75) is 52.5 Å². The molecule has 0 aliphatic heterocycles. The predicted octanol–water partition coefficient (Wildman–Crippen LogP) is 4.92. The van der Waals surface area contributed by atoms with E-state index in [-0.39, 0.29) is 0 Å². The van der Waals surface area contributed by atoms with E-state index in [4.69, 9.17) is 11.6 Å². The first-order valence-corrected chi connectivity index (χ1v) is 9.00. The number of rotatable bonds is 6. The molecular weight excluding hydrogens is 302 g/mol. The molecule has 2 aromatic heterocycles. The molecule has 3 rings (SSSR count). The Morgan fingerprint density at radius 1 is 1.38 bits per heavy atom. The zero-order valence-electron chi connectivity index (χ0n) is 12.9. The molecule has 0 atom stereocenters. The van der Waals surface area contributed by atoms with Gasteiger partial charge >= 0.3 is 0 Å². The smallest absolute Gasteiger partial charge is 0.225 e. The van der Waals surface area contributed by atoms with Gasteiger partial charge in [-0.15, -0.1) is 11.3 Å². The van der Waals surface area contributed by atoms with Crippen molar-refractivity contribution in [3.8, 4) is 0 Å². The molecule has 5 heteroatoms. The Balaban J connectivity index is 2.01. The number of hydrogen-bond acceptors (Lipinski definition) is 4. The second-order valence-electron chi connectivity index (χ2n) is 6.21. The summed E-state index contributed by atoms with van der Waals surface area (Å²) in [7, 11) is 0. The van der Waals surface area contributed by atoms with E-state index in [1.54, 1.807) is 11.3 Å². The van der Waals surface area contributed by atoms with Crippen LogP contribution in [0.5, 0.6) is 0 Å². The molecule has 2 aromatic rings. The highest BCUT2D eigenvalue weighted by Gasteiger charge is 2.31. The SMILES string of the molecule is CCc1cc2c(N(CCC(C)C)C3CC3)nc(Cl)nc2s1. The van der Waals surface area contributed by atoms with Gasteiger partial charge in [-0.05, 0) is 49.3 Å². The molecule has 1 aliphatic rings. The molecule has 1 aliphatic carbocycles. The average Bonchev–Trinajstić information content (AvgIpc) is 3.17. The van der Waals surface area contributed by atoms with Crippen LogP contribution in [0.4, 0.5) is 5.82 Å². The van der Waals surface area contributed by atoms with Gasteiger partial charge in [0.2, 0.25) is 5.28 Å². The highest BCUT2D eigenvalue weighted by molar-refractivity contribution is 7.18. The van der Waals surface area contributed by atoms with E-state index in [0.717, 1.165) is 23.6 Å². The zero-order valence-corrected chi connectivity index (χ0v) is 14.5. The van der Waals surface area contributed by atoms with Gasteiger partial charge in [0.05, 0.1) is 5.39 Å². The molecule has 0 bridgehead atoms. The Morgan fingerprint density at radius 2 is 2.14 bits per heavy atom. The van der Waals surface area contributed by atoms with E-state index in [2.05, 4.69) is 41.7 Å². The molecule has 114 valence electrons. The monoisotopic (exact) mass is 323 g/mol. The molecule has 2 heterocycles. The van der Waals surface area contributed by atoms with E-state index in [1.165, 1.54) is 29.5 Å². The number of aryl methyl sites for hydroxylation is 1. The van der Waals surface area contributed by atoms with Gasteiger partial charge < -0.3 is 4.90 Å². The fraction of sp³-hybridized carbons (Fsp3) is 0.625. The van der Waals surface area contributed by atoms with Crippen molar-refractivity contribution in [1.29, 1.82) is 0 Å². The number of halogens is 1. The van der Waals surface area contributed by atoms with Crippen molar-refractivity contribution >= 4 is 39.0 Å². The zero-order chi connectivity index (χ0) is 15.0. The minimum absolute atomic E-state index is 0.372. The van der Waals surface area contributed by atoms with E-state index >= 15 is 0 Å². The van der Waals surface area contributed by atoms with Gasteiger partial charge in [0, 0.05) is 17.5 Å². The third-order valence-electron chi connectivity index (χ3n) is 3.95. The largest absolute Gasteiger partial charge is 0.353 e. The Bertz CT molecular complexity index is 634. The summed E-state index contributed by atoms with van der Waals surface area (Å²) in [5.74, 6) is 1.75. The molecule has 0 spiro atoms. The molecule has 0 saturated heterocycles. The van der Waals surface area contributed by atoms with Crippen LogP contribution < -0.4 is 4.90 Å². The van der Waals surface area contributed by atoms with Gasteiger partial charge in [-0.1, -0.05) is 20.8 Å². The van der Waals surface area contributed by atoms with Crippen LogP contribution in [0.15, 0.2) is 6.07 Å². The van der Waals surface area contributed by atoms with Crippen molar-refractivity contribution < 1.29 is 0 Å². The summed E-state index contributed by atoms with van der Waals surface area (Å²) in [5, 5.41) is 1.55. The van der Waals surface area contributed by atoms with Gasteiger partial charge in [-0.3, -0.25) is 0 Å². The highest BCUT2D eigenvalue weighted by Crippen LogP contribution is 2.38. The minimum atomic E-state index is 0.372. The maximum absolute atomic E-state index is 6.17. The Labute approximate surface area is 135 Å². The molecule has 1 fully saturated rings. The fourth-order valence-electron chi connectivity index (χ4n) is 2.57. The maximum Gasteiger partial charge on any atom is 0.225 e. The lowest BCUT2D eigenvalue weighted by Gasteiger charge is -2.25. The minimum Gasteiger partial charge on any atom is -0.353 e. The summed E-state index contributed by atoms with van der Waals surface area (Å²) >= 11 is 7.90. The van der Waals surface area contributed by atoms with Gasteiger partial charge in [0.15, 0.2) is 0 Å². The number of hydrogen-bond donors (Lipinski definition) is 0. The number of thiophene rings is 1. The Hall–Kier alpha value is -0.870. The number of aromatic nitrogens is 2. The van der Waals surface area contributed by atoms with Crippen molar-refractivity contribution in [1.82, 2.24) is 9.97 Å². The molecule has 3 nitrogen and oxygen atoms in total. The second-order valence-corrected chi connectivity index (χ2v) is 7.66. The summed E-state index contributed by atoms with van der Waals surface area (Å²) in [4.78, 5) is 13.8. The van der Waals surface area contributed by atoms with Crippen LogP contribution in [0.25, 0.3) is 10.2 Å². The molecule has 0 amide bonds. The molecule has 21 heavy (non-hydrogen) atoms. The van der Waals surface area contributed by atoms with Crippen molar-refractivity contribution in [2.24, 2.45) is 5.92 Å². The van der Waals surface area contributed by atoms with Crippen molar-refractivity contribution in [2.75, 3.05) is 11.4 Å². The van der Waals surface area contributed by atoms with Crippen LogP contribution in [-0.2, 0) is 6.42 Å². The molecular formula is C16H22ClN3S. The lowest BCUT2D eigenvalue weighted by molar-refractivity contribution is 0.569. The average molecular weight is 324 g/mol. The molecule has 0 unspecified atom stereocenters. The molecule has 0 aromatic carbocycles. The Morgan fingerprint density at radius 3 is 2.76 bits per heavy atom. The molecule has 0 N–H and O–H groups in total. The Kier molecular flexibility index (Phi) is 4.36. The third kappa shape index (κ3) is 3.32. The number of anilines is 1. The first-order valence-electron chi connectivity index (χ1n) is 7.81. The summed E-state index contributed by atoms with van der Waals surface area (Å²) in [6.45, 7) is 7.78. The first kappa shape index (κ1) is 15.0. The lowest BCUT2D eigenvalue weighted by Crippen LogP contribution is -2.28. The van der Waals surface area contributed by atoms with Gasteiger partial charge in [-0.2, -0.15) is 4.98 Å². The van der Waals surface area contributed by atoms with E-state index in [1.807, 2.05) is 0 Å². The first-order chi connectivity index (χ1) is 10.1. The third-order valence-corrected chi connectivity index (χ3v) is 5.29. The van der Waals surface area contributed by atoms with E-state index in [9.17, 15) is 0 Å². The summed E-state index contributed by atoms with van der Waals surface area (Å²) in [6, 6.07) is 2.89. The molecule has 0 radical (unpaired) electrons. The van der Waals surface area contributed by atoms with Crippen LogP contribution >= 0.6 is 22.9 Å². The van der Waals surface area contributed by atoms with Crippen LogP contribution in [0.3, 0.4) is 0 Å². The normalized spacial score (nSPS) is 15.1. The van der Waals surface area contributed by atoms with Gasteiger partial charge in [0.25, 0.3) is 0 Å². The van der Waals surface area contributed by atoms with E-state index in [0.29, 0.717) is 17.2 Å². The quantitative estimate of drug-likeness (QED) is 0.706. The fourth-order valence-corrected chi connectivity index (χ4v) is 3.75. The maximum atomic E-state index is 6.17. The van der Waals surface area contributed by atoms with E-state index < -0.39 is 0 Å². The van der Waals surface area contributed by atoms with Crippen LogP contribution in [0.1, 0.15) is 44.9 Å². The number of fused-ring (bicyclic) bond motifs is 1. The van der Waals surface area contributed by atoms with Crippen LogP contribution in [-0.4, -0.2) is 22.6 Å². The van der Waals surface area contributed by atoms with Gasteiger partial charge in [-0.25, -0.2) is 4.98 Å². The number of nitrogens with zero attached hydrogens (tertiary/aromatic N) is 3. The standard InChI is InChI=1S/C16H22ClN3S/c1-4-12-9-13-14(18-16(17)19-15(13)21-12)20(11-5-6-11)8-7-10(2)3/h9-11H,4-8H2,1-3H3. The highest BCUT2D eigenvalue weighted by atomic mass is 35.5. The summed E-state index contributed by atoms with van der Waals surface area (Å²) in [5.41, 5.74) is 0. The van der Waals surface area contributed by atoms with Crippen LogP contribution in [0, 0.1) is 5.92 Å². The van der Waals surface area contributed by atoms with Crippen molar-refractivity contribution in [3.63, 3.8) is 0 Å². The summed E-state index contributed by atoms with van der Waals surface area (Å²) < 4.78 is 0. The topological polar surface area (TPSA) is 29.0 Å². The van der Waals surface area contributed by atoms with Crippen LogP contribution in [0.2, 0.25) is 5.28 Å². The van der Waals surface area contributed by atoms with Gasteiger partial charge in [0.1, 0.15) is 10.6 Å². The lowest BCUT2D eigenvalue weighted by atomic mass is 10.1. The van der Waals surface area contributed by atoms with Crippen molar-refractivity contribution in [3.05, 3.63) is 16.2 Å². The molecule has 1 saturated carbocycles. The summed E-state index contributed by atoms with van der Waals surface area (Å²) in [6.07, 6.45) is 4.76. The predicted molar refractivity (Wildman–Crippen MR) is 91.6 cm³/mol. The second kappa shape index (κ2) is 6.09.